The summed E-state index contributed by atoms with van der Waals surface area (Å²) in [5.74, 6) is -0.560. The van der Waals surface area contributed by atoms with E-state index in [1.165, 1.54) is 12.1 Å². The lowest BCUT2D eigenvalue weighted by molar-refractivity contribution is -0.117. The molecular formula is C16H18N2O3S. The van der Waals surface area contributed by atoms with E-state index in [0.29, 0.717) is 5.69 Å². The summed E-state index contributed by atoms with van der Waals surface area (Å²) in [5, 5.41) is 2.66. The van der Waals surface area contributed by atoms with E-state index in [1.807, 2.05) is 6.07 Å². The summed E-state index contributed by atoms with van der Waals surface area (Å²) in [5.41, 5.74) is 6.41. The maximum absolute atomic E-state index is 12.1. The Morgan fingerprint density at radius 3 is 2.14 bits per heavy atom. The van der Waals surface area contributed by atoms with Gasteiger partial charge in [-0.25, -0.2) is 8.42 Å². The molecule has 116 valence electrons. The van der Waals surface area contributed by atoms with Crippen LogP contribution < -0.4 is 11.1 Å². The minimum atomic E-state index is -3.42. The van der Waals surface area contributed by atoms with Crippen LogP contribution in [-0.4, -0.2) is 26.1 Å². The summed E-state index contributed by atoms with van der Waals surface area (Å²) in [6, 6.07) is 16.2. The molecular weight excluding hydrogens is 300 g/mol. The fourth-order valence-corrected chi connectivity index (χ4v) is 3.29. The molecule has 2 aromatic rings. The summed E-state index contributed by atoms with van der Waals surface area (Å²) in [6.45, 7) is 0. The Labute approximate surface area is 130 Å². The number of benzene rings is 2. The maximum Gasteiger partial charge on any atom is 0.241 e. The third-order valence-electron chi connectivity index (χ3n) is 3.18. The number of hydrogen-bond donors (Lipinski definition) is 2. The predicted octanol–water partition coefficient (Wildman–Crippen LogP) is 1.82. The van der Waals surface area contributed by atoms with Gasteiger partial charge in [0, 0.05) is 5.69 Å². The van der Waals surface area contributed by atoms with Crippen molar-refractivity contribution in [1.82, 2.24) is 0 Å². The molecule has 2 aromatic carbocycles. The second-order valence-corrected chi connectivity index (χ2v) is 6.99. The molecule has 0 fully saturated rings. The van der Waals surface area contributed by atoms with E-state index in [2.05, 4.69) is 5.32 Å². The maximum atomic E-state index is 12.1. The molecule has 0 aliphatic rings. The number of nitrogens with one attached hydrogen (secondary N) is 1. The minimum Gasteiger partial charge on any atom is -0.325 e. The zero-order chi connectivity index (χ0) is 16.0. The van der Waals surface area contributed by atoms with E-state index >= 15 is 0 Å². The molecule has 0 spiro atoms. The van der Waals surface area contributed by atoms with Gasteiger partial charge in [-0.05, 0) is 30.7 Å². The van der Waals surface area contributed by atoms with Crippen LogP contribution >= 0.6 is 0 Å². The van der Waals surface area contributed by atoms with Gasteiger partial charge in [-0.2, -0.15) is 0 Å². The minimum absolute atomic E-state index is 0.0654. The van der Waals surface area contributed by atoms with Crippen LogP contribution in [0, 0.1) is 0 Å². The topological polar surface area (TPSA) is 89.3 Å². The molecule has 22 heavy (non-hydrogen) atoms. The number of rotatable bonds is 6. The summed E-state index contributed by atoms with van der Waals surface area (Å²) in [7, 11) is -3.42. The van der Waals surface area contributed by atoms with Crippen LogP contribution in [0.15, 0.2) is 65.6 Å². The molecule has 0 aliphatic heterocycles. The van der Waals surface area contributed by atoms with Crippen LogP contribution in [0.2, 0.25) is 0 Å². The first-order chi connectivity index (χ1) is 10.5. The number of carbonyl (C=O) groups excluding carboxylic acids is 1. The molecule has 1 amide bonds. The third-order valence-corrected chi connectivity index (χ3v) is 4.94. The molecule has 0 heterocycles. The fourth-order valence-electron chi connectivity index (χ4n) is 1.92. The van der Waals surface area contributed by atoms with Gasteiger partial charge in [-0.1, -0.05) is 36.4 Å². The number of amides is 1. The van der Waals surface area contributed by atoms with E-state index in [4.69, 9.17) is 5.73 Å². The van der Waals surface area contributed by atoms with E-state index in [0.717, 1.165) is 0 Å². The quantitative estimate of drug-likeness (QED) is 0.850. The van der Waals surface area contributed by atoms with Crippen molar-refractivity contribution in [3.8, 4) is 0 Å². The predicted molar refractivity (Wildman–Crippen MR) is 86.2 cm³/mol. The second-order valence-electron chi connectivity index (χ2n) is 4.88. The first-order valence-electron chi connectivity index (χ1n) is 6.88. The lowest BCUT2D eigenvalue weighted by Crippen LogP contribution is -2.37. The lowest BCUT2D eigenvalue weighted by Gasteiger charge is -2.12. The second kappa shape index (κ2) is 7.20. The van der Waals surface area contributed by atoms with Gasteiger partial charge in [0.05, 0.1) is 16.7 Å². The SMILES string of the molecule is NC(CCS(=O)(=O)c1ccccc1)C(=O)Nc1ccccc1. The first-order valence-corrected chi connectivity index (χ1v) is 8.53. The van der Waals surface area contributed by atoms with Crippen molar-refractivity contribution in [2.24, 2.45) is 5.73 Å². The molecule has 0 aliphatic carbocycles. The zero-order valence-electron chi connectivity index (χ0n) is 12.0. The van der Waals surface area contributed by atoms with Gasteiger partial charge in [0.1, 0.15) is 0 Å². The number of hydrogen-bond acceptors (Lipinski definition) is 4. The highest BCUT2D eigenvalue weighted by Gasteiger charge is 2.19. The van der Waals surface area contributed by atoms with Crippen molar-refractivity contribution >= 4 is 21.4 Å². The first kappa shape index (κ1) is 16.2. The van der Waals surface area contributed by atoms with Crippen LogP contribution in [0.3, 0.4) is 0 Å². The van der Waals surface area contributed by atoms with E-state index < -0.39 is 21.8 Å². The molecule has 6 heteroatoms. The van der Waals surface area contributed by atoms with Crippen LogP contribution in [0.5, 0.6) is 0 Å². The van der Waals surface area contributed by atoms with Gasteiger partial charge >= 0.3 is 0 Å². The summed E-state index contributed by atoms with van der Waals surface area (Å²) in [4.78, 5) is 12.2. The summed E-state index contributed by atoms with van der Waals surface area (Å²) in [6.07, 6.45) is 0.0654. The Kier molecular flexibility index (Phi) is 5.30. The number of sulfone groups is 1. The Balaban J connectivity index is 1.92. The van der Waals surface area contributed by atoms with Gasteiger partial charge in [0.25, 0.3) is 0 Å². The number of nitrogens with two attached hydrogens (primary N) is 1. The molecule has 0 bridgehead atoms. The number of para-hydroxylation sites is 1. The van der Waals surface area contributed by atoms with Gasteiger partial charge in [0.15, 0.2) is 9.84 Å². The highest BCUT2D eigenvalue weighted by Crippen LogP contribution is 2.12. The van der Waals surface area contributed by atoms with Crippen LogP contribution in [0.4, 0.5) is 5.69 Å². The zero-order valence-corrected chi connectivity index (χ0v) is 12.8. The van der Waals surface area contributed by atoms with Crippen LogP contribution in [0.1, 0.15) is 6.42 Å². The fraction of sp³-hybridized carbons (Fsp3) is 0.188. The van der Waals surface area contributed by atoms with Crippen LogP contribution in [0.25, 0.3) is 0 Å². The number of carbonyl (C=O) groups is 1. The molecule has 1 unspecified atom stereocenters. The average molecular weight is 318 g/mol. The molecule has 1 atom stereocenters. The normalized spacial score (nSPS) is 12.6. The van der Waals surface area contributed by atoms with Crippen molar-refractivity contribution in [2.75, 3.05) is 11.1 Å². The Morgan fingerprint density at radius 1 is 1.00 bits per heavy atom. The van der Waals surface area contributed by atoms with Crippen molar-refractivity contribution in [1.29, 1.82) is 0 Å². The van der Waals surface area contributed by atoms with Crippen molar-refractivity contribution in [3.63, 3.8) is 0 Å². The van der Waals surface area contributed by atoms with E-state index in [1.54, 1.807) is 42.5 Å². The van der Waals surface area contributed by atoms with E-state index in [-0.39, 0.29) is 17.1 Å². The summed E-state index contributed by atoms with van der Waals surface area (Å²) < 4.78 is 24.3. The van der Waals surface area contributed by atoms with Gasteiger partial charge in [0.2, 0.25) is 5.91 Å². The molecule has 3 N–H and O–H groups in total. The molecule has 0 saturated carbocycles. The molecule has 0 aromatic heterocycles. The highest BCUT2D eigenvalue weighted by atomic mass is 32.2. The highest BCUT2D eigenvalue weighted by molar-refractivity contribution is 7.91. The van der Waals surface area contributed by atoms with Crippen molar-refractivity contribution < 1.29 is 13.2 Å². The largest absolute Gasteiger partial charge is 0.325 e. The molecule has 5 nitrogen and oxygen atoms in total. The summed E-state index contributed by atoms with van der Waals surface area (Å²) >= 11 is 0. The van der Waals surface area contributed by atoms with Crippen molar-refractivity contribution in [2.45, 2.75) is 17.4 Å². The standard InChI is InChI=1S/C16H18N2O3S/c17-15(16(19)18-13-7-3-1-4-8-13)11-12-22(20,21)14-9-5-2-6-10-14/h1-10,15H,11-12,17H2,(H,18,19). The smallest absolute Gasteiger partial charge is 0.241 e. The third kappa shape index (κ3) is 4.41. The lowest BCUT2D eigenvalue weighted by atomic mass is 10.2. The van der Waals surface area contributed by atoms with Gasteiger partial charge in [-0.15, -0.1) is 0 Å². The van der Waals surface area contributed by atoms with Gasteiger partial charge in [-0.3, -0.25) is 4.79 Å². The Bertz CT molecular complexity index is 716. The molecule has 2 rings (SSSR count). The van der Waals surface area contributed by atoms with Gasteiger partial charge < -0.3 is 11.1 Å². The van der Waals surface area contributed by atoms with Crippen molar-refractivity contribution in [3.05, 3.63) is 60.7 Å². The monoisotopic (exact) mass is 318 g/mol. The molecule has 0 saturated heterocycles. The number of anilines is 1. The molecule has 0 radical (unpaired) electrons. The average Bonchev–Trinajstić information content (AvgIpc) is 2.54. The Hall–Kier alpha value is -2.18. The van der Waals surface area contributed by atoms with Crippen LogP contribution in [-0.2, 0) is 14.6 Å². The Morgan fingerprint density at radius 2 is 1.55 bits per heavy atom. The van der Waals surface area contributed by atoms with E-state index in [9.17, 15) is 13.2 Å².